The average molecular weight is 1040 g/mol. The first-order valence-corrected chi connectivity index (χ1v) is 30.9. The molecule has 418 valence electrons. The van der Waals surface area contributed by atoms with Crippen molar-refractivity contribution in [1.29, 1.82) is 0 Å². The van der Waals surface area contributed by atoms with Crippen LogP contribution in [0.2, 0.25) is 0 Å². The molecule has 0 heterocycles. The van der Waals surface area contributed by atoms with E-state index in [0.29, 0.717) is 17.4 Å². The molecule has 8 nitrogen and oxygen atoms in total. The second kappa shape index (κ2) is 53.7. The number of quaternary nitrogens is 1. The molecule has 0 aliphatic rings. The number of aliphatic hydroxyl groups is 1. The molecule has 0 spiro atoms. The van der Waals surface area contributed by atoms with Crippen LogP contribution in [0.1, 0.15) is 226 Å². The average Bonchev–Trinajstić information content (AvgIpc) is 3.35. The monoisotopic (exact) mass is 1040 g/mol. The minimum Gasteiger partial charge on any atom is -0.387 e. The van der Waals surface area contributed by atoms with E-state index in [0.717, 1.165) is 96.3 Å². The number of likely N-dealkylation sites (N-methyl/N-ethyl adjacent to an activating group) is 1. The summed E-state index contributed by atoms with van der Waals surface area (Å²) in [5.74, 6) is -0.196. The standard InChI is InChI=1S/C64H111N2O6P/c1-6-8-10-12-14-16-18-20-22-24-25-26-27-28-29-30-31-32-33-34-35-36-37-38-39-40-41-42-44-46-48-50-52-54-56-58-64(68)65-62(61-72-73(69,70)71-60-59-66(3,4)5)63(67)57-55-53-51-49-47-45-43-23-21-19-17-15-13-11-9-7-2/h8,10,14,16,20,22,25-26,28-29,31-32,34-35,37-38,47,49,55,57,62-63,67H,6-7,9,11-13,15,17-19,21,23-24,27,30,33,36,39-46,48,50-54,56,58-61H2,1-5H3,(H-,65,68,69,70)/p+1/b10-8-,16-14-,22-20-,26-25-,29-28-,32-31-,35-34-,38-37-,49-47+,57-55+. The highest BCUT2D eigenvalue weighted by Gasteiger charge is 2.27. The lowest BCUT2D eigenvalue weighted by Gasteiger charge is -2.25. The van der Waals surface area contributed by atoms with Crippen molar-refractivity contribution in [2.45, 2.75) is 238 Å². The van der Waals surface area contributed by atoms with Crippen molar-refractivity contribution < 1.29 is 32.9 Å². The van der Waals surface area contributed by atoms with Gasteiger partial charge in [-0.1, -0.05) is 245 Å². The Balaban J connectivity index is 4.19. The van der Waals surface area contributed by atoms with Gasteiger partial charge in [-0.15, -0.1) is 0 Å². The van der Waals surface area contributed by atoms with E-state index in [2.05, 4.69) is 129 Å². The van der Waals surface area contributed by atoms with E-state index >= 15 is 0 Å². The SMILES string of the molecule is CC/C=C\C/C=C\C/C=C\C/C=C\C/C=C\C/C=C\C/C=C\C/C=C\CCCCCCCCCCCCC(=O)NC(COP(=O)(O)OCC[N+](C)(C)C)C(O)/C=C/CC/C=C/CCCCCCCCCCCC. The number of hydrogen-bond acceptors (Lipinski definition) is 5. The summed E-state index contributed by atoms with van der Waals surface area (Å²) >= 11 is 0. The second-order valence-corrected chi connectivity index (χ2v) is 22.1. The van der Waals surface area contributed by atoms with Crippen LogP contribution in [0.4, 0.5) is 0 Å². The molecule has 0 rings (SSSR count). The molecule has 0 aromatic heterocycles. The van der Waals surface area contributed by atoms with Crippen molar-refractivity contribution in [3.63, 3.8) is 0 Å². The molecule has 0 aromatic rings. The fourth-order valence-corrected chi connectivity index (χ4v) is 8.57. The van der Waals surface area contributed by atoms with E-state index in [1.807, 2.05) is 27.2 Å². The van der Waals surface area contributed by atoms with Crippen LogP contribution in [-0.2, 0) is 18.4 Å². The molecule has 9 heteroatoms. The predicted octanol–water partition coefficient (Wildman–Crippen LogP) is 18.1. The maximum Gasteiger partial charge on any atom is 0.472 e. The van der Waals surface area contributed by atoms with E-state index in [4.69, 9.17) is 9.05 Å². The van der Waals surface area contributed by atoms with E-state index < -0.39 is 20.0 Å². The summed E-state index contributed by atoms with van der Waals surface area (Å²) < 4.78 is 23.7. The number of carbonyl (C=O) groups excluding carboxylic acids is 1. The number of rotatable bonds is 52. The Labute approximate surface area is 450 Å². The highest BCUT2D eigenvalue weighted by molar-refractivity contribution is 7.47. The zero-order valence-corrected chi connectivity index (χ0v) is 48.5. The van der Waals surface area contributed by atoms with Gasteiger partial charge < -0.3 is 19.8 Å². The molecule has 0 saturated carbocycles. The molecule has 3 unspecified atom stereocenters. The highest BCUT2D eigenvalue weighted by Crippen LogP contribution is 2.43. The summed E-state index contributed by atoms with van der Waals surface area (Å²) in [4.78, 5) is 23.3. The van der Waals surface area contributed by atoms with Crippen LogP contribution >= 0.6 is 7.82 Å². The first-order valence-electron chi connectivity index (χ1n) is 29.4. The number of carbonyl (C=O) groups is 1. The lowest BCUT2D eigenvalue weighted by atomic mass is 10.0. The normalized spacial score (nSPS) is 14.8. The largest absolute Gasteiger partial charge is 0.472 e. The Kier molecular flexibility index (Phi) is 51.4. The molecular formula is C64H112N2O6P+. The van der Waals surface area contributed by atoms with Crippen molar-refractivity contribution in [3.8, 4) is 0 Å². The third-order valence-electron chi connectivity index (χ3n) is 12.4. The zero-order valence-electron chi connectivity index (χ0n) is 47.6. The molecule has 0 aliphatic carbocycles. The van der Waals surface area contributed by atoms with E-state index in [9.17, 15) is 19.4 Å². The van der Waals surface area contributed by atoms with Crippen LogP contribution in [0.3, 0.4) is 0 Å². The number of phosphoric acid groups is 1. The quantitative estimate of drug-likeness (QED) is 0.0243. The van der Waals surface area contributed by atoms with Gasteiger partial charge >= 0.3 is 7.82 Å². The van der Waals surface area contributed by atoms with Gasteiger partial charge in [0.05, 0.1) is 39.9 Å². The first kappa shape index (κ1) is 69.9. The number of unbranched alkanes of at least 4 members (excludes halogenated alkanes) is 21. The molecule has 1 amide bonds. The fraction of sp³-hybridized carbons (Fsp3) is 0.672. The van der Waals surface area contributed by atoms with E-state index in [-0.39, 0.29) is 19.1 Å². The molecule has 3 atom stereocenters. The molecule has 73 heavy (non-hydrogen) atoms. The van der Waals surface area contributed by atoms with Gasteiger partial charge in [0.25, 0.3) is 0 Å². The summed E-state index contributed by atoms with van der Waals surface area (Å²) in [6, 6.07) is -0.874. The first-order chi connectivity index (χ1) is 35.5. The fourth-order valence-electron chi connectivity index (χ4n) is 7.84. The minimum atomic E-state index is -4.36. The van der Waals surface area contributed by atoms with Gasteiger partial charge in [-0.3, -0.25) is 13.8 Å². The van der Waals surface area contributed by atoms with Crippen molar-refractivity contribution >= 4 is 13.7 Å². The van der Waals surface area contributed by atoms with Crippen LogP contribution in [0.5, 0.6) is 0 Å². The van der Waals surface area contributed by atoms with Crippen molar-refractivity contribution in [2.24, 2.45) is 0 Å². The van der Waals surface area contributed by atoms with Gasteiger partial charge in [0.15, 0.2) is 0 Å². The maximum atomic E-state index is 13.0. The van der Waals surface area contributed by atoms with Crippen LogP contribution in [0.15, 0.2) is 122 Å². The van der Waals surface area contributed by atoms with Gasteiger partial charge in [0, 0.05) is 6.42 Å². The number of nitrogens with one attached hydrogen (secondary N) is 1. The Bertz CT molecular complexity index is 1600. The number of amides is 1. The Hall–Kier alpha value is -3.10. The van der Waals surface area contributed by atoms with Crippen LogP contribution in [0.25, 0.3) is 0 Å². The topological polar surface area (TPSA) is 105 Å². The van der Waals surface area contributed by atoms with Gasteiger partial charge in [0.1, 0.15) is 13.2 Å². The molecule has 0 aromatic carbocycles. The Morgan fingerprint density at radius 1 is 0.479 bits per heavy atom. The van der Waals surface area contributed by atoms with E-state index in [1.54, 1.807) is 6.08 Å². The molecule has 0 bridgehead atoms. The van der Waals surface area contributed by atoms with Crippen molar-refractivity contribution in [3.05, 3.63) is 122 Å². The molecule has 0 fully saturated rings. The van der Waals surface area contributed by atoms with Gasteiger partial charge in [-0.25, -0.2) is 4.57 Å². The number of allylic oxidation sites excluding steroid dienone is 19. The predicted molar refractivity (Wildman–Crippen MR) is 318 cm³/mol. The zero-order chi connectivity index (χ0) is 53.5. The highest BCUT2D eigenvalue weighted by atomic mass is 31.2. The lowest BCUT2D eigenvalue weighted by molar-refractivity contribution is -0.870. The van der Waals surface area contributed by atoms with Crippen LogP contribution in [0, 0.1) is 0 Å². The van der Waals surface area contributed by atoms with Crippen molar-refractivity contribution in [1.82, 2.24) is 5.32 Å². The van der Waals surface area contributed by atoms with Crippen LogP contribution < -0.4 is 5.32 Å². The smallest absolute Gasteiger partial charge is 0.387 e. The van der Waals surface area contributed by atoms with Crippen LogP contribution in [-0.4, -0.2) is 73.4 Å². The summed E-state index contributed by atoms with van der Waals surface area (Å²) in [5, 5.41) is 13.9. The molecule has 0 saturated heterocycles. The van der Waals surface area contributed by atoms with Gasteiger partial charge in [-0.2, -0.15) is 0 Å². The number of hydrogen-bond donors (Lipinski definition) is 3. The summed E-state index contributed by atoms with van der Waals surface area (Å²) in [7, 11) is 1.54. The molecule has 0 radical (unpaired) electrons. The van der Waals surface area contributed by atoms with Crippen molar-refractivity contribution in [2.75, 3.05) is 40.9 Å². The van der Waals surface area contributed by atoms with E-state index in [1.165, 1.54) is 109 Å². The third kappa shape index (κ3) is 56.5. The number of nitrogens with zero attached hydrogens (tertiary/aromatic N) is 1. The number of aliphatic hydroxyl groups excluding tert-OH is 1. The maximum absolute atomic E-state index is 13.0. The Morgan fingerprint density at radius 2 is 0.836 bits per heavy atom. The number of phosphoric ester groups is 1. The molecule has 3 N–H and O–H groups in total. The summed E-state index contributed by atoms with van der Waals surface area (Å²) in [6.07, 6.45) is 80.2. The Morgan fingerprint density at radius 3 is 1.26 bits per heavy atom. The summed E-state index contributed by atoms with van der Waals surface area (Å²) in [5.41, 5.74) is 0. The molecule has 0 aliphatic heterocycles. The van der Waals surface area contributed by atoms with Gasteiger partial charge in [0.2, 0.25) is 5.91 Å². The van der Waals surface area contributed by atoms with Gasteiger partial charge in [-0.05, 0) is 96.3 Å². The lowest BCUT2D eigenvalue weighted by Crippen LogP contribution is -2.45. The third-order valence-corrected chi connectivity index (χ3v) is 13.4. The minimum absolute atomic E-state index is 0.0497. The summed E-state index contributed by atoms with van der Waals surface area (Å²) in [6.45, 7) is 4.66. The molecular weight excluding hydrogens is 924 g/mol. The second-order valence-electron chi connectivity index (χ2n) is 20.6.